The van der Waals surface area contributed by atoms with E-state index in [1.807, 2.05) is 68.4 Å². The molecule has 1 atom stereocenters. The Hall–Kier alpha value is -4.15. The quantitative estimate of drug-likeness (QED) is 0.150. The van der Waals surface area contributed by atoms with Crippen LogP contribution in [0.1, 0.15) is 49.3 Å². The number of carbonyl (C=O) groups is 2. The van der Waals surface area contributed by atoms with Crippen LogP contribution >= 0.6 is 15.9 Å². The van der Waals surface area contributed by atoms with E-state index >= 15 is 0 Å². The molecular weight excluding hydrogens is 690 g/mol. The van der Waals surface area contributed by atoms with Gasteiger partial charge in [0.15, 0.2) is 0 Å². The Morgan fingerprint density at radius 3 is 2.19 bits per heavy atom. The number of anilines is 1. The zero-order valence-electron chi connectivity index (χ0n) is 27.3. The molecular formula is C38H42BrN3O5S. The van der Waals surface area contributed by atoms with E-state index in [4.69, 9.17) is 4.74 Å². The molecule has 4 aromatic carbocycles. The molecule has 10 heteroatoms. The van der Waals surface area contributed by atoms with E-state index in [9.17, 15) is 18.0 Å². The van der Waals surface area contributed by atoms with Crippen LogP contribution in [-0.2, 0) is 32.6 Å². The van der Waals surface area contributed by atoms with Crippen molar-refractivity contribution in [1.29, 1.82) is 0 Å². The second-order valence-corrected chi connectivity index (χ2v) is 14.8. The predicted octanol–water partition coefficient (Wildman–Crippen LogP) is 7.05. The van der Waals surface area contributed by atoms with Gasteiger partial charge in [0.05, 0.1) is 17.2 Å². The largest absolute Gasteiger partial charge is 0.492 e. The van der Waals surface area contributed by atoms with E-state index in [0.717, 1.165) is 51.2 Å². The van der Waals surface area contributed by atoms with Gasteiger partial charge in [-0.2, -0.15) is 0 Å². The number of para-hydroxylation sites is 2. The van der Waals surface area contributed by atoms with E-state index < -0.39 is 28.5 Å². The van der Waals surface area contributed by atoms with E-state index in [1.54, 1.807) is 36.4 Å². The van der Waals surface area contributed by atoms with Crippen LogP contribution in [0, 0.1) is 6.92 Å². The monoisotopic (exact) mass is 731 g/mol. The van der Waals surface area contributed by atoms with Crippen LogP contribution in [0.5, 0.6) is 5.75 Å². The van der Waals surface area contributed by atoms with Crippen molar-refractivity contribution >= 4 is 43.5 Å². The summed E-state index contributed by atoms with van der Waals surface area (Å²) in [6.07, 6.45) is 4.13. The maximum atomic E-state index is 14.8. The Kier molecular flexibility index (Phi) is 11.9. The number of halogens is 1. The van der Waals surface area contributed by atoms with E-state index in [2.05, 4.69) is 21.2 Å². The SMILES string of the molecule is CCOc1ccccc1N(CC(=O)N(Cc1ccc(Br)cc1)C(Cc1ccccc1)C(=O)NC1CCCC1)S(=O)(=O)c1ccc(C)cc1. The average molecular weight is 733 g/mol. The normalized spacial score (nSPS) is 13.9. The van der Waals surface area contributed by atoms with Crippen molar-refractivity contribution in [3.8, 4) is 5.75 Å². The summed E-state index contributed by atoms with van der Waals surface area (Å²) in [5.41, 5.74) is 2.85. The molecule has 2 amide bonds. The highest BCUT2D eigenvalue weighted by Gasteiger charge is 2.36. The minimum atomic E-state index is -4.24. The molecule has 0 saturated heterocycles. The van der Waals surface area contributed by atoms with E-state index in [-0.39, 0.29) is 35.5 Å². The average Bonchev–Trinajstić information content (AvgIpc) is 3.60. The summed E-state index contributed by atoms with van der Waals surface area (Å²) in [6, 6.07) is 29.6. The Morgan fingerprint density at radius 1 is 0.875 bits per heavy atom. The molecule has 1 fully saturated rings. The summed E-state index contributed by atoms with van der Waals surface area (Å²) in [4.78, 5) is 30.5. The Balaban J connectivity index is 1.59. The van der Waals surface area contributed by atoms with Crippen LogP contribution in [0.3, 0.4) is 0 Å². The molecule has 0 aliphatic heterocycles. The predicted molar refractivity (Wildman–Crippen MR) is 192 cm³/mol. The van der Waals surface area contributed by atoms with Gasteiger partial charge >= 0.3 is 0 Å². The summed E-state index contributed by atoms with van der Waals surface area (Å²) in [5.74, 6) is -0.427. The van der Waals surface area contributed by atoms with Gasteiger partial charge < -0.3 is 15.0 Å². The summed E-state index contributed by atoms with van der Waals surface area (Å²) < 4.78 is 36.6. The van der Waals surface area contributed by atoms with Crippen molar-refractivity contribution in [3.05, 3.63) is 124 Å². The molecule has 1 aliphatic carbocycles. The van der Waals surface area contributed by atoms with Crippen molar-refractivity contribution < 1.29 is 22.7 Å². The number of ether oxygens (including phenoxy) is 1. The zero-order valence-corrected chi connectivity index (χ0v) is 29.8. The summed E-state index contributed by atoms with van der Waals surface area (Å²) in [6.45, 7) is 3.56. The molecule has 252 valence electrons. The maximum Gasteiger partial charge on any atom is 0.264 e. The molecule has 0 aromatic heterocycles. The topological polar surface area (TPSA) is 96.0 Å². The van der Waals surface area contributed by atoms with Crippen LogP contribution in [0.25, 0.3) is 0 Å². The molecule has 1 aliphatic rings. The molecule has 0 heterocycles. The van der Waals surface area contributed by atoms with Gasteiger partial charge in [-0.1, -0.05) is 101 Å². The summed E-state index contributed by atoms with van der Waals surface area (Å²) in [7, 11) is -4.24. The summed E-state index contributed by atoms with van der Waals surface area (Å²) in [5, 5.41) is 3.21. The fraction of sp³-hybridized carbons (Fsp3) is 0.316. The van der Waals surface area contributed by atoms with Crippen molar-refractivity contribution in [2.24, 2.45) is 0 Å². The number of carbonyl (C=O) groups excluding carboxylic acids is 2. The van der Waals surface area contributed by atoms with Gasteiger partial charge in [0.1, 0.15) is 18.3 Å². The number of amides is 2. The molecule has 8 nitrogen and oxygen atoms in total. The first-order valence-corrected chi connectivity index (χ1v) is 18.6. The minimum absolute atomic E-state index is 0.0388. The minimum Gasteiger partial charge on any atom is -0.492 e. The fourth-order valence-corrected chi connectivity index (χ4v) is 7.69. The van der Waals surface area contributed by atoms with E-state index in [0.29, 0.717) is 12.4 Å². The van der Waals surface area contributed by atoms with Gasteiger partial charge in [-0.3, -0.25) is 13.9 Å². The number of nitrogens with zero attached hydrogens (tertiary/aromatic N) is 2. The fourth-order valence-electron chi connectivity index (χ4n) is 6.00. The summed E-state index contributed by atoms with van der Waals surface area (Å²) >= 11 is 3.48. The third-order valence-electron chi connectivity index (χ3n) is 8.56. The lowest BCUT2D eigenvalue weighted by atomic mass is 10.0. The molecule has 0 bridgehead atoms. The Labute approximate surface area is 292 Å². The van der Waals surface area contributed by atoms with Gasteiger partial charge in [-0.25, -0.2) is 8.42 Å². The molecule has 48 heavy (non-hydrogen) atoms. The van der Waals surface area contributed by atoms with Crippen molar-refractivity contribution in [2.75, 3.05) is 17.5 Å². The number of nitrogens with one attached hydrogen (secondary N) is 1. The van der Waals surface area contributed by atoms with Crippen LogP contribution in [-0.4, -0.2) is 50.4 Å². The number of rotatable bonds is 14. The smallest absolute Gasteiger partial charge is 0.264 e. The number of hydrogen-bond donors (Lipinski definition) is 1. The highest BCUT2D eigenvalue weighted by Crippen LogP contribution is 2.33. The van der Waals surface area contributed by atoms with Crippen LogP contribution in [0.4, 0.5) is 5.69 Å². The van der Waals surface area contributed by atoms with Gasteiger partial charge in [0.25, 0.3) is 10.0 Å². The lowest BCUT2D eigenvalue weighted by Gasteiger charge is -2.34. The zero-order chi connectivity index (χ0) is 34.1. The number of hydrogen-bond acceptors (Lipinski definition) is 5. The second kappa shape index (κ2) is 16.3. The maximum absolute atomic E-state index is 14.8. The van der Waals surface area contributed by atoms with Crippen molar-refractivity contribution in [3.63, 3.8) is 0 Å². The lowest BCUT2D eigenvalue weighted by Crippen LogP contribution is -2.54. The molecule has 1 unspecified atom stereocenters. The van der Waals surface area contributed by atoms with Crippen molar-refractivity contribution in [1.82, 2.24) is 10.2 Å². The van der Waals surface area contributed by atoms with Crippen molar-refractivity contribution in [2.45, 2.75) is 69.5 Å². The molecule has 0 spiro atoms. The van der Waals surface area contributed by atoms with Gasteiger partial charge in [0.2, 0.25) is 11.8 Å². The Bertz CT molecular complexity index is 1780. The van der Waals surface area contributed by atoms with Gasteiger partial charge in [-0.15, -0.1) is 0 Å². The third-order valence-corrected chi connectivity index (χ3v) is 10.9. The molecule has 1 N–H and O–H groups in total. The van der Waals surface area contributed by atoms with Crippen LogP contribution < -0.4 is 14.4 Å². The third kappa shape index (κ3) is 8.85. The van der Waals surface area contributed by atoms with Crippen LogP contribution in [0.15, 0.2) is 112 Å². The first kappa shape index (κ1) is 35.2. The molecule has 0 radical (unpaired) electrons. The number of sulfonamides is 1. The lowest BCUT2D eigenvalue weighted by molar-refractivity contribution is -0.140. The standard InChI is InChI=1S/C38H42BrN3O5S/c1-3-47-36-16-10-9-15-34(36)42(48(45,46)33-23-17-28(2)18-24-33)27-37(43)41(26-30-19-21-31(39)22-20-30)35(25-29-11-5-4-6-12-29)38(44)40-32-13-7-8-14-32/h4-6,9-12,15-24,32,35H,3,7-8,13-14,25-27H2,1-2H3,(H,40,44). The van der Waals surface area contributed by atoms with E-state index in [1.165, 1.54) is 17.0 Å². The highest BCUT2D eigenvalue weighted by atomic mass is 79.9. The molecule has 5 rings (SSSR count). The highest BCUT2D eigenvalue weighted by molar-refractivity contribution is 9.10. The van der Waals surface area contributed by atoms with Gasteiger partial charge in [0, 0.05) is 23.5 Å². The Morgan fingerprint density at radius 2 is 1.52 bits per heavy atom. The van der Waals surface area contributed by atoms with Crippen LogP contribution in [0.2, 0.25) is 0 Å². The second-order valence-electron chi connectivity index (χ2n) is 12.1. The first-order chi connectivity index (χ1) is 23.2. The molecule has 4 aromatic rings. The number of aryl methyl sites for hydroxylation is 1. The molecule has 1 saturated carbocycles. The first-order valence-electron chi connectivity index (χ1n) is 16.3. The number of benzene rings is 4. The van der Waals surface area contributed by atoms with Gasteiger partial charge in [-0.05, 0) is 74.2 Å².